The van der Waals surface area contributed by atoms with Gasteiger partial charge in [0.15, 0.2) is 5.96 Å². The molecular weight excluding hydrogens is 318 g/mol. The summed E-state index contributed by atoms with van der Waals surface area (Å²) in [6.07, 6.45) is 3.59. The topological polar surface area (TPSA) is 83.0 Å². The number of rotatable bonds is 6. The highest BCUT2D eigenvalue weighted by Gasteiger charge is 2.27. The number of guanidine groups is 1. The van der Waals surface area contributed by atoms with Gasteiger partial charge in [0.25, 0.3) is 0 Å². The number of esters is 1. The van der Waals surface area contributed by atoms with Crippen LogP contribution in [0.5, 0.6) is 5.75 Å². The van der Waals surface area contributed by atoms with Crippen molar-refractivity contribution in [1.82, 2.24) is 10.6 Å². The number of phenols is 1. The van der Waals surface area contributed by atoms with Crippen LogP contribution in [-0.2, 0) is 16.1 Å². The number of carbonyl (C=O) groups is 1. The van der Waals surface area contributed by atoms with Gasteiger partial charge in [0, 0.05) is 12.6 Å². The van der Waals surface area contributed by atoms with Gasteiger partial charge in [-0.25, -0.2) is 4.99 Å². The summed E-state index contributed by atoms with van der Waals surface area (Å²) >= 11 is 0. The van der Waals surface area contributed by atoms with Crippen molar-refractivity contribution < 1.29 is 14.6 Å². The van der Waals surface area contributed by atoms with Crippen molar-refractivity contribution in [3.05, 3.63) is 29.8 Å². The summed E-state index contributed by atoms with van der Waals surface area (Å²) < 4.78 is 5.12. The molecule has 0 aliphatic heterocycles. The number of ether oxygens (including phenoxy) is 1. The van der Waals surface area contributed by atoms with Gasteiger partial charge in [-0.15, -0.1) is 0 Å². The van der Waals surface area contributed by atoms with E-state index in [2.05, 4.69) is 15.6 Å². The molecule has 0 heterocycles. The van der Waals surface area contributed by atoms with Crippen molar-refractivity contribution in [2.24, 2.45) is 10.9 Å². The van der Waals surface area contributed by atoms with E-state index in [-0.39, 0.29) is 17.6 Å². The van der Waals surface area contributed by atoms with Gasteiger partial charge in [0.1, 0.15) is 5.75 Å². The number of phenolic OH excluding ortho intramolecular Hbond substituents is 1. The van der Waals surface area contributed by atoms with E-state index < -0.39 is 0 Å². The van der Waals surface area contributed by atoms with E-state index in [9.17, 15) is 9.90 Å². The normalized spacial score (nSPS) is 20.8. The number of nitrogens with one attached hydrogen (secondary N) is 2. The molecule has 1 fully saturated rings. The number of aliphatic imine (C=N–C) groups is 1. The Kier molecular flexibility index (Phi) is 7.57. The zero-order valence-electron chi connectivity index (χ0n) is 15.1. The smallest absolute Gasteiger partial charge is 0.308 e. The van der Waals surface area contributed by atoms with Crippen molar-refractivity contribution in [3.8, 4) is 5.75 Å². The lowest BCUT2D eigenvalue weighted by atomic mass is 9.86. The number of hydrogen-bond donors (Lipinski definition) is 3. The summed E-state index contributed by atoms with van der Waals surface area (Å²) in [5.41, 5.74) is 1.04. The van der Waals surface area contributed by atoms with Gasteiger partial charge in [-0.3, -0.25) is 4.79 Å². The molecule has 0 saturated heterocycles. The van der Waals surface area contributed by atoms with E-state index >= 15 is 0 Å². The number of benzene rings is 1. The third-order valence-electron chi connectivity index (χ3n) is 4.39. The van der Waals surface area contributed by atoms with Crippen LogP contribution in [0.25, 0.3) is 0 Å². The highest BCUT2D eigenvalue weighted by molar-refractivity contribution is 5.80. The van der Waals surface area contributed by atoms with Gasteiger partial charge < -0.3 is 20.5 Å². The van der Waals surface area contributed by atoms with E-state index in [0.717, 1.165) is 43.8 Å². The molecule has 6 heteroatoms. The van der Waals surface area contributed by atoms with Crippen LogP contribution in [0, 0.1) is 5.92 Å². The predicted octanol–water partition coefficient (Wildman–Crippen LogP) is 2.57. The number of carbonyl (C=O) groups excluding carboxylic acids is 1. The quantitative estimate of drug-likeness (QED) is 0.418. The van der Waals surface area contributed by atoms with Crippen LogP contribution in [0.1, 0.15) is 45.1 Å². The summed E-state index contributed by atoms with van der Waals surface area (Å²) in [7, 11) is 0. The SMILES string of the molecule is CCNC(=NCc1ccc(O)cc1)NC1CCC(C(=O)OCC)CC1. The molecule has 1 saturated carbocycles. The largest absolute Gasteiger partial charge is 0.508 e. The molecule has 25 heavy (non-hydrogen) atoms. The minimum absolute atomic E-state index is 0.0366. The standard InChI is InChI=1S/C19H29N3O3/c1-3-20-19(21-13-14-5-11-17(23)12-6-14)22-16-9-7-15(8-10-16)18(24)25-4-2/h5-6,11-12,15-16,23H,3-4,7-10,13H2,1-2H3,(H2,20,21,22). The van der Waals surface area contributed by atoms with Crippen LogP contribution in [0.15, 0.2) is 29.3 Å². The molecule has 0 radical (unpaired) electrons. The van der Waals surface area contributed by atoms with Crippen LogP contribution in [0.3, 0.4) is 0 Å². The van der Waals surface area contributed by atoms with Gasteiger partial charge in [-0.2, -0.15) is 0 Å². The van der Waals surface area contributed by atoms with Crippen molar-refractivity contribution in [3.63, 3.8) is 0 Å². The fourth-order valence-corrected chi connectivity index (χ4v) is 3.02. The zero-order valence-corrected chi connectivity index (χ0v) is 15.1. The summed E-state index contributed by atoms with van der Waals surface area (Å²) in [5, 5.41) is 16.1. The Bertz CT molecular complexity index is 564. The van der Waals surface area contributed by atoms with Crippen LogP contribution >= 0.6 is 0 Å². The van der Waals surface area contributed by atoms with Crippen molar-refractivity contribution in [2.45, 2.75) is 52.1 Å². The highest BCUT2D eigenvalue weighted by atomic mass is 16.5. The Balaban J connectivity index is 1.86. The molecule has 1 aliphatic rings. The fraction of sp³-hybridized carbons (Fsp3) is 0.579. The van der Waals surface area contributed by atoms with Crippen LogP contribution in [0.4, 0.5) is 0 Å². The first kappa shape index (κ1) is 19.1. The summed E-state index contributed by atoms with van der Waals surface area (Å²) in [4.78, 5) is 16.4. The third-order valence-corrected chi connectivity index (χ3v) is 4.39. The molecule has 3 N–H and O–H groups in total. The minimum atomic E-state index is -0.0612. The lowest BCUT2D eigenvalue weighted by molar-refractivity contribution is -0.149. The highest BCUT2D eigenvalue weighted by Crippen LogP contribution is 2.25. The zero-order chi connectivity index (χ0) is 18.1. The van der Waals surface area contributed by atoms with Crippen molar-refractivity contribution >= 4 is 11.9 Å². The number of nitrogens with zero attached hydrogens (tertiary/aromatic N) is 1. The second-order valence-corrected chi connectivity index (χ2v) is 6.31. The molecule has 1 aromatic carbocycles. The summed E-state index contributed by atoms with van der Waals surface area (Å²) in [6.45, 7) is 5.67. The molecular formula is C19H29N3O3. The Hall–Kier alpha value is -2.24. The van der Waals surface area contributed by atoms with Crippen molar-refractivity contribution in [1.29, 1.82) is 0 Å². The molecule has 6 nitrogen and oxygen atoms in total. The van der Waals surface area contributed by atoms with Crippen LogP contribution < -0.4 is 10.6 Å². The summed E-state index contributed by atoms with van der Waals surface area (Å²) in [5.74, 6) is 1.02. The molecule has 1 aliphatic carbocycles. The first-order chi connectivity index (χ1) is 12.1. The second kappa shape index (κ2) is 9.91. The Morgan fingerprint density at radius 3 is 2.48 bits per heavy atom. The molecule has 0 amide bonds. The van der Waals surface area contributed by atoms with Gasteiger partial charge in [-0.1, -0.05) is 12.1 Å². The fourth-order valence-electron chi connectivity index (χ4n) is 3.02. The Labute approximate surface area is 149 Å². The van der Waals surface area contributed by atoms with Crippen molar-refractivity contribution in [2.75, 3.05) is 13.2 Å². The second-order valence-electron chi connectivity index (χ2n) is 6.31. The third kappa shape index (κ3) is 6.29. The molecule has 138 valence electrons. The average molecular weight is 347 g/mol. The lowest BCUT2D eigenvalue weighted by Crippen LogP contribution is -2.45. The Morgan fingerprint density at radius 2 is 1.88 bits per heavy atom. The van der Waals surface area contributed by atoms with Gasteiger partial charge in [0.05, 0.1) is 19.1 Å². The molecule has 2 rings (SSSR count). The average Bonchev–Trinajstić information content (AvgIpc) is 2.62. The monoisotopic (exact) mass is 347 g/mol. The van der Waals surface area contributed by atoms with E-state index in [1.165, 1.54) is 0 Å². The number of hydrogen-bond acceptors (Lipinski definition) is 4. The maximum atomic E-state index is 11.8. The van der Waals surface area contributed by atoms with E-state index in [0.29, 0.717) is 19.2 Å². The first-order valence-electron chi connectivity index (χ1n) is 9.11. The maximum Gasteiger partial charge on any atom is 0.308 e. The molecule has 0 atom stereocenters. The molecule has 0 unspecified atom stereocenters. The molecule has 0 aromatic heterocycles. The molecule has 0 bridgehead atoms. The van der Waals surface area contributed by atoms with E-state index in [1.807, 2.05) is 26.0 Å². The lowest BCUT2D eigenvalue weighted by Gasteiger charge is -2.29. The molecule has 1 aromatic rings. The van der Waals surface area contributed by atoms with Crippen LogP contribution in [0.2, 0.25) is 0 Å². The summed E-state index contributed by atoms with van der Waals surface area (Å²) in [6, 6.07) is 7.40. The Morgan fingerprint density at radius 1 is 1.20 bits per heavy atom. The van der Waals surface area contributed by atoms with E-state index in [4.69, 9.17) is 4.74 Å². The minimum Gasteiger partial charge on any atom is -0.508 e. The predicted molar refractivity (Wildman–Crippen MR) is 98.4 cm³/mol. The first-order valence-corrected chi connectivity index (χ1v) is 9.11. The van der Waals surface area contributed by atoms with E-state index in [1.54, 1.807) is 12.1 Å². The van der Waals surface area contributed by atoms with Gasteiger partial charge >= 0.3 is 5.97 Å². The number of aromatic hydroxyl groups is 1. The van der Waals surface area contributed by atoms with Gasteiger partial charge in [-0.05, 0) is 57.2 Å². The molecule has 0 spiro atoms. The van der Waals surface area contributed by atoms with Gasteiger partial charge in [0.2, 0.25) is 0 Å². The van der Waals surface area contributed by atoms with Crippen LogP contribution in [-0.4, -0.2) is 36.2 Å². The maximum absolute atomic E-state index is 11.8.